The van der Waals surface area contributed by atoms with Crippen LogP contribution in [0.2, 0.25) is 0 Å². The summed E-state index contributed by atoms with van der Waals surface area (Å²) in [6, 6.07) is 0. The van der Waals surface area contributed by atoms with E-state index in [1.54, 1.807) is 0 Å². The van der Waals surface area contributed by atoms with Crippen molar-refractivity contribution in [1.82, 2.24) is 0 Å². The van der Waals surface area contributed by atoms with Crippen LogP contribution in [-0.2, 0) is 23.8 Å². The lowest BCUT2D eigenvalue weighted by Gasteiger charge is -2.24. The first-order valence-electron chi connectivity index (χ1n) is 18.8. The third kappa shape index (κ3) is 14.7. The van der Waals surface area contributed by atoms with Crippen LogP contribution in [0.25, 0.3) is 0 Å². The maximum absolute atomic E-state index is 11.9. The summed E-state index contributed by atoms with van der Waals surface area (Å²) in [6.45, 7) is 3.77. The first kappa shape index (κ1) is 38.4. The molecule has 262 valence electrons. The lowest BCUT2D eigenvalue weighted by molar-refractivity contribution is -0.145. The van der Waals surface area contributed by atoms with Crippen molar-refractivity contribution in [2.24, 2.45) is 5.92 Å². The molecule has 0 saturated carbocycles. The quantitative estimate of drug-likeness (QED) is 0.0714. The molecule has 0 radical (unpaired) electrons. The van der Waals surface area contributed by atoms with Crippen LogP contribution in [0.5, 0.6) is 0 Å². The zero-order valence-corrected chi connectivity index (χ0v) is 28.5. The molecular formula is C37H66O8. The van der Waals surface area contributed by atoms with Gasteiger partial charge in [-0.15, -0.1) is 0 Å². The van der Waals surface area contributed by atoms with E-state index in [9.17, 15) is 24.9 Å². The number of ketones is 1. The van der Waals surface area contributed by atoms with Gasteiger partial charge in [-0.1, -0.05) is 84.0 Å². The summed E-state index contributed by atoms with van der Waals surface area (Å²) < 4.78 is 17.7. The van der Waals surface area contributed by atoms with Crippen LogP contribution in [0, 0.1) is 5.92 Å². The van der Waals surface area contributed by atoms with E-state index in [-0.39, 0.29) is 48.2 Å². The maximum atomic E-state index is 11.9. The number of Topliss-reactive ketones (excluding diaryl/α,β-unsaturated/α-hetero) is 1. The second kappa shape index (κ2) is 21.7. The van der Waals surface area contributed by atoms with Crippen molar-refractivity contribution in [3.8, 4) is 0 Å². The topological polar surface area (TPSA) is 123 Å². The van der Waals surface area contributed by atoms with E-state index >= 15 is 0 Å². The molecule has 3 saturated heterocycles. The van der Waals surface area contributed by atoms with Crippen LogP contribution in [0.1, 0.15) is 168 Å². The first-order valence-corrected chi connectivity index (χ1v) is 18.8. The fraction of sp³-hybridized carbons (Fsp3) is 0.946. The van der Waals surface area contributed by atoms with Crippen molar-refractivity contribution >= 4 is 11.8 Å². The normalized spacial score (nSPS) is 28.8. The predicted molar refractivity (Wildman–Crippen MR) is 176 cm³/mol. The second-order valence-corrected chi connectivity index (χ2v) is 14.4. The molecule has 0 aromatic carbocycles. The first-order chi connectivity index (χ1) is 21.8. The Morgan fingerprint density at radius 1 is 0.667 bits per heavy atom. The monoisotopic (exact) mass is 638 g/mol. The second-order valence-electron chi connectivity index (χ2n) is 14.4. The molecular weight excluding hydrogens is 572 g/mol. The highest BCUT2D eigenvalue weighted by Gasteiger charge is 2.36. The minimum Gasteiger partial charge on any atom is -0.462 e. The van der Waals surface area contributed by atoms with E-state index in [2.05, 4.69) is 6.92 Å². The Hall–Kier alpha value is -1.06. The van der Waals surface area contributed by atoms with E-state index < -0.39 is 18.3 Å². The third-order valence-corrected chi connectivity index (χ3v) is 10.4. The number of hydrogen-bond acceptors (Lipinski definition) is 8. The number of ether oxygens (including phenoxy) is 3. The molecule has 3 N–H and O–H groups in total. The van der Waals surface area contributed by atoms with Gasteiger partial charge < -0.3 is 34.3 Å². The molecule has 9 atom stereocenters. The molecule has 0 bridgehead atoms. The Labute approximate surface area is 273 Å². The predicted octanol–water partition coefficient (Wildman–Crippen LogP) is 7.12. The van der Waals surface area contributed by atoms with Crippen molar-refractivity contribution in [2.45, 2.75) is 217 Å². The van der Waals surface area contributed by atoms with Gasteiger partial charge in [-0.3, -0.25) is 4.79 Å². The molecule has 0 aromatic heterocycles. The van der Waals surface area contributed by atoms with Crippen LogP contribution in [-0.4, -0.2) is 75.9 Å². The number of esters is 1. The fourth-order valence-corrected chi connectivity index (χ4v) is 7.56. The van der Waals surface area contributed by atoms with Gasteiger partial charge in [0.25, 0.3) is 0 Å². The number of carbonyl (C=O) groups excluding carboxylic acids is 2. The smallest absolute Gasteiger partial charge is 0.309 e. The largest absolute Gasteiger partial charge is 0.462 e. The molecule has 9 unspecified atom stereocenters. The lowest BCUT2D eigenvalue weighted by Crippen LogP contribution is -2.33. The average molecular weight is 639 g/mol. The van der Waals surface area contributed by atoms with E-state index in [0.717, 1.165) is 89.9 Å². The summed E-state index contributed by atoms with van der Waals surface area (Å²) >= 11 is 0. The van der Waals surface area contributed by atoms with Crippen LogP contribution in [0.15, 0.2) is 0 Å². The Bertz CT molecular complexity index is 820. The standard InChI is InChI=1S/C37H66O8/c1-3-4-5-6-7-8-12-15-18-31(39)35-23-24-36(45-35)33(41)21-20-32(40)34-22-19-29(43-34)16-13-10-9-11-14-17-30-26-28(25-27(2)38)37(42)44-30/h28-36,39-41H,3-26H2,1-2H3. The molecule has 0 amide bonds. The third-order valence-electron chi connectivity index (χ3n) is 10.4. The number of carbonyl (C=O) groups is 2. The van der Waals surface area contributed by atoms with E-state index in [1.807, 2.05) is 0 Å². The van der Waals surface area contributed by atoms with Crippen molar-refractivity contribution < 1.29 is 39.1 Å². The number of aliphatic hydroxyl groups is 3. The van der Waals surface area contributed by atoms with Crippen molar-refractivity contribution in [3.63, 3.8) is 0 Å². The molecule has 8 heteroatoms. The van der Waals surface area contributed by atoms with E-state index in [1.165, 1.54) is 45.4 Å². The highest BCUT2D eigenvalue weighted by atomic mass is 16.6. The fourth-order valence-electron chi connectivity index (χ4n) is 7.56. The molecule has 8 nitrogen and oxygen atoms in total. The Kier molecular flexibility index (Phi) is 18.5. The molecule has 3 rings (SSSR count). The summed E-state index contributed by atoms with van der Waals surface area (Å²) in [5, 5.41) is 32.1. The van der Waals surface area contributed by atoms with Gasteiger partial charge in [-0.2, -0.15) is 0 Å². The maximum Gasteiger partial charge on any atom is 0.309 e. The molecule has 3 aliphatic heterocycles. The van der Waals surface area contributed by atoms with Crippen molar-refractivity contribution in [3.05, 3.63) is 0 Å². The van der Waals surface area contributed by atoms with Crippen LogP contribution in [0.4, 0.5) is 0 Å². The summed E-state index contributed by atoms with van der Waals surface area (Å²) in [5.41, 5.74) is 0. The number of hydrogen-bond donors (Lipinski definition) is 3. The van der Waals surface area contributed by atoms with Gasteiger partial charge in [-0.25, -0.2) is 0 Å². The number of cyclic esters (lactones) is 1. The van der Waals surface area contributed by atoms with Gasteiger partial charge in [0, 0.05) is 6.42 Å². The SMILES string of the molecule is CCCCCCCCCCC(O)C1CCC(C(O)CCC(O)C2CCC(CCCCCCCC3CC(CC(C)=O)C(=O)O3)O2)O1. The summed E-state index contributed by atoms with van der Waals surface area (Å²) in [7, 11) is 0. The summed E-state index contributed by atoms with van der Waals surface area (Å²) in [4.78, 5) is 23.2. The minimum absolute atomic E-state index is 0.0249. The molecule has 45 heavy (non-hydrogen) atoms. The number of unbranched alkanes of at least 4 members (excludes halogenated alkanes) is 11. The average Bonchev–Trinajstić information content (AvgIpc) is 3.77. The zero-order chi connectivity index (χ0) is 32.4. The number of aliphatic hydroxyl groups excluding tert-OH is 3. The highest BCUT2D eigenvalue weighted by molar-refractivity contribution is 5.83. The Balaban J connectivity index is 1.16. The van der Waals surface area contributed by atoms with E-state index in [0.29, 0.717) is 25.7 Å². The molecule has 0 spiro atoms. The molecule has 0 aromatic rings. The Morgan fingerprint density at radius 3 is 1.76 bits per heavy atom. The van der Waals surface area contributed by atoms with Crippen molar-refractivity contribution in [1.29, 1.82) is 0 Å². The highest BCUT2D eigenvalue weighted by Crippen LogP contribution is 2.31. The van der Waals surface area contributed by atoms with Crippen LogP contribution >= 0.6 is 0 Å². The van der Waals surface area contributed by atoms with E-state index in [4.69, 9.17) is 14.2 Å². The summed E-state index contributed by atoms with van der Waals surface area (Å²) in [6.07, 6.45) is 21.5. The van der Waals surface area contributed by atoms with Crippen LogP contribution < -0.4 is 0 Å². The number of rotatable bonds is 25. The molecule has 0 aliphatic carbocycles. The Morgan fingerprint density at radius 2 is 1.16 bits per heavy atom. The van der Waals surface area contributed by atoms with Gasteiger partial charge in [0.2, 0.25) is 0 Å². The molecule has 3 aliphatic rings. The zero-order valence-electron chi connectivity index (χ0n) is 28.5. The van der Waals surface area contributed by atoms with Crippen LogP contribution in [0.3, 0.4) is 0 Å². The van der Waals surface area contributed by atoms with Gasteiger partial charge in [0.1, 0.15) is 11.9 Å². The molecule has 3 heterocycles. The summed E-state index contributed by atoms with van der Waals surface area (Å²) in [5.74, 6) is -0.398. The molecule has 3 fully saturated rings. The van der Waals surface area contributed by atoms with Gasteiger partial charge in [0.05, 0.1) is 48.6 Å². The lowest BCUT2D eigenvalue weighted by atomic mass is 9.96. The van der Waals surface area contributed by atoms with Gasteiger partial charge >= 0.3 is 5.97 Å². The minimum atomic E-state index is -0.625. The van der Waals surface area contributed by atoms with Gasteiger partial charge in [0.15, 0.2) is 0 Å². The van der Waals surface area contributed by atoms with Gasteiger partial charge in [-0.05, 0) is 77.6 Å². The van der Waals surface area contributed by atoms with Crippen molar-refractivity contribution in [2.75, 3.05) is 0 Å².